The largest absolute Gasteiger partial charge is 0.463 e. The fourth-order valence-electron chi connectivity index (χ4n) is 3.19. The molecule has 3 heterocycles. The number of rotatable bonds is 6. The fraction of sp³-hybridized carbons (Fsp3) is 0.286. The number of carbonyl (C=O) groups is 1. The molecule has 1 N–H and O–H groups in total. The molecular weight excluding hydrogens is 372 g/mol. The van der Waals surface area contributed by atoms with Gasteiger partial charge in [0.15, 0.2) is 5.58 Å². The number of furan rings is 1. The van der Waals surface area contributed by atoms with Gasteiger partial charge in [-0.15, -0.1) is 10.2 Å². The van der Waals surface area contributed by atoms with Crippen molar-refractivity contribution in [2.45, 2.75) is 43.9 Å². The van der Waals surface area contributed by atoms with Gasteiger partial charge in [0.1, 0.15) is 10.9 Å². The maximum atomic E-state index is 12.8. The third-order valence-corrected chi connectivity index (χ3v) is 6.05. The van der Waals surface area contributed by atoms with E-state index in [1.54, 1.807) is 6.26 Å². The lowest BCUT2D eigenvalue weighted by atomic mass is 10.2. The number of nitrogens with zero attached hydrogens (tertiary/aromatic N) is 3. The zero-order chi connectivity index (χ0) is 19.7. The first-order valence-corrected chi connectivity index (χ1v) is 10.3. The monoisotopic (exact) mass is 394 g/mol. The molecule has 0 bridgehead atoms. The van der Waals surface area contributed by atoms with Gasteiger partial charge in [0, 0.05) is 24.2 Å². The SMILES string of the molecule is CCc1nnc(S[C@H](CC)C(=O)Nc2ccc(C)cc2)c2cc3occc3n12. The first-order valence-electron chi connectivity index (χ1n) is 9.39. The number of aryl methyl sites for hydroxylation is 2. The van der Waals surface area contributed by atoms with Crippen LogP contribution >= 0.6 is 11.8 Å². The van der Waals surface area contributed by atoms with Crippen LogP contribution in [0.3, 0.4) is 0 Å². The van der Waals surface area contributed by atoms with Gasteiger partial charge in [-0.3, -0.25) is 9.20 Å². The molecule has 1 atom stereocenters. The predicted octanol–water partition coefficient (Wildman–Crippen LogP) is 4.86. The standard InChI is InChI=1S/C21H22N4O2S/c1-4-18(20(26)22-14-8-6-13(3)7-9-14)28-21-16-12-17-15(10-11-27-17)25(16)19(5-2)23-24-21/h6-12,18H,4-5H2,1-3H3,(H,22,26)/t18-/m1/s1. The second kappa shape index (κ2) is 7.67. The van der Waals surface area contributed by atoms with Crippen LogP contribution in [0.4, 0.5) is 5.69 Å². The molecule has 0 aliphatic carbocycles. The number of thioether (sulfide) groups is 1. The van der Waals surface area contributed by atoms with E-state index in [0.717, 1.165) is 45.1 Å². The summed E-state index contributed by atoms with van der Waals surface area (Å²) in [7, 11) is 0. The van der Waals surface area contributed by atoms with Gasteiger partial charge in [-0.1, -0.05) is 43.3 Å². The lowest BCUT2D eigenvalue weighted by Gasteiger charge is -2.15. The number of nitrogens with one attached hydrogen (secondary N) is 1. The van der Waals surface area contributed by atoms with Crippen molar-refractivity contribution in [3.63, 3.8) is 0 Å². The zero-order valence-electron chi connectivity index (χ0n) is 16.1. The van der Waals surface area contributed by atoms with Crippen molar-refractivity contribution >= 4 is 40.0 Å². The quantitative estimate of drug-likeness (QED) is 0.473. The van der Waals surface area contributed by atoms with Crippen molar-refractivity contribution in [3.8, 4) is 0 Å². The maximum absolute atomic E-state index is 12.8. The van der Waals surface area contributed by atoms with Crippen molar-refractivity contribution in [1.82, 2.24) is 14.6 Å². The van der Waals surface area contributed by atoms with Gasteiger partial charge < -0.3 is 9.73 Å². The molecule has 1 amide bonds. The van der Waals surface area contributed by atoms with Gasteiger partial charge in [-0.25, -0.2) is 0 Å². The highest BCUT2D eigenvalue weighted by molar-refractivity contribution is 8.00. The van der Waals surface area contributed by atoms with Crippen LogP contribution in [-0.4, -0.2) is 25.8 Å². The summed E-state index contributed by atoms with van der Waals surface area (Å²) in [5, 5.41) is 12.3. The Morgan fingerprint density at radius 3 is 2.68 bits per heavy atom. The summed E-state index contributed by atoms with van der Waals surface area (Å²) in [6.07, 6.45) is 3.12. The normalized spacial score (nSPS) is 12.5. The smallest absolute Gasteiger partial charge is 0.237 e. The molecule has 7 heteroatoms. The van der Waals surface area contributed by atoms with Crippen LogP contribution in [0, 0.1) is 6.92 Å². The summed E-state index contributed by atoms with van der Waals surface area (Å²) in [6.45, 7) is 6.07. The number of fused-ring (bicyclic) bond motifs is 3. The fourth-order valence-corrected chi connectivity index (χ4v) is 4.15. The Labute approximate surface area is 167 Å². The van der Waals surface area contributed by atoms with Crippen molar-refractivity contribution in [3.05, 3.63) is 54.0 Å². The van der Waals surface area contributed by atoms with Gasteiger partial charge in [0.2, 0.25) is 5.91 Å². The van der Waals surface area contributed by atoms with E-state index < -0.39 is 0 Å². The summed E-state index contributed by atoms with van der Waals surface area (Å²) in [6, 6.07) is 11.7. The molecule has 1 aromatic carbocycles. The van der Waals surface area contributed by atoms with E-state index in [1.165, 1.54) is 11.8 Å². The van der Waals surface area contributed by atoms with Crippen molar-refractivity contribution < 1.29 is 9.21 Å². The second-order valence-corrected chi connectivity index (χ2v) is 7.87. The van der Waals surface area contributed by atoms with Crippen molar-refractivity contribution in [2.24, 2.45) is 0 Å². The third-order valence-electron chi connectivity index (χ3n) is 4.71. The molecule has 0 fully saturated rings. The van der Waals surface area contributed by atoms with Gasteiger partial charge in [-0.2, -0.15) is 0 Å². The Morgan fingerprint density at radius 1 is 1.18 bits per heavy atom. The highest BCUT2D eigenvalue weighted by atomic mass is 32.2. The summed E-state index contributed by atoms with van der Waals surface area (Å²) in [5.74, 6) is 0.832. The molecule has 3 aromatic heterocycles. The number of hydrogen-bond donors (Lipinski definition) is 1. The Balaban J connectivity index is 1.63. The topological polar surface area (TPSA) is 72.4 Å². The molecule has 144 valence electrons. The Hall–Kier alpha value is -2.80. The molecule has 0 saturated carbocycles. The Bertz CT molecular complexity index is 1130. The minimum absolute atomic E-state index is 0.0360. The summed E-state index contributed by atoms with van der Waals surface area (Å²) >= 11 is 1.44. The lowest BCUT2D eigenvalue weighted by Crippen LogP contribution is -2.24. The number of anilines is 1. The summed E-state index contributed by atoms with van der Waals surface area (Å²) < 4.78 is 7.63. The lowest BCUT2D eigenvalue weighted by molar-refractivity contribution is -0.115. The second-order valence-electron chi connectivity index (χ2n) is 6.68. The summed E-state index contributed by atoms with van der Waals surface area (Å²) in [4.78, 5) is 12.8. The first kappa shape index (κ1) is 18.6. The average Bonchev–Trinajstić information content (AvgIpc) is 3.29. The molecule has 0 aliphatic rings. The maximum Gasteiger partial charge on any atom is 0.237 e. The van der Waals surface area contributed by atoms with E-state index in [0.29, 0.717) is 6.42 Å². The van der Waals surface area contributed by atoms with Crippen molar-refractivity contribution in [2.75, 3.05) is 5.32 Å². The highest BCUT2D eigenvalue weighted by Gasteiger charge is 2.22. The minimum atomic E-state index is -0.270. The first-order chi connectivity index (χ1) is 13.6. The number of carbonyl (C=O) groups excluding carboxylic acids is 1. The van der Waals surface area contributed by atoms with Gasteiger partial charge >= 0.3 is 0 Å². The van der Waals surface area contributed by atoms with E-state index >= 15 is 0 Å². The van der Waals surface area contributed by atoms with Crippen molar-refractivity contribution in [1.29, 1.82) is 0 Å². The molecule has 4 rings (SSSR count). The number of aromatic nitrogens is 3. The van der Waals surface area contributed by atoms with Crippen LogP contribution in [-0.2, 0) is 11.2 Å². The number of benzene rings is 1. The Morgan fingerprint density at radius 2 is 1.96 bits per heavy atom. The average molecular weight is 395 g/mol. The molecule has 0 unspecified atom stereocenters. The van der Waals surface area contributed by atoms with Crippen LogP contribution in [0.5, 0.6) is 0 Å². The molecule has 0 aliphatic heterocycles. The number of amides is 1. The molecule has 28 heavy (non-hydrogen) atoms. The van der Waals surface area contributed by atoms with Crippen LogP contribution in [0.1, 0.15) is 31.7 Å². The molecule has 0 spiro atoms. The van der Waals surface area contributed by atoms with E-state index in [9.17, 15) is 4.79 Å². The van der Waals surface area contributed by atoms with Crippen LogP contribution < -0.4 is 5.32 Å². The number of hydrogen-bond acceptors (Lipinski definition) is 5. The Kier molecular flexibility index (Phi) is 5.09. The molecule has 4 aromatic rings. The van der Waals surface area contributed by atoms with Gasteiger partial charge in [-0.05, 0) is 25.5 Å². The molecule has 0 radical (unpaired) electrons. The van der Waals surface area contributed by atoms with Gasteiger partial charge in [0.25, 0.3) is 0 Å². The van der Waals surface area contributed by atoms with Crippen LogP contribution in [0.2, 0.25) is 0 Å². The highest BCUT2D eigenvalue weighted by Crippen LogP contribution is 2.32. The summed E-state index contributed by atoms with van der Waals surface area (Å²) in [5.41, 5.74) is 4.65. The molecule has 0 saturated heterocycles. The van der Waals surface area contributed by atoms with E-state index in [2.05, 4.69) is 19.9 Å². The van der Waals surface area contributed by atoms with E-state index in [-0.39, 0.29) is 11.2 Å². The third kappa shape index (κ3) is 3.38. The molecular formula is C21H22N4O2S. The van der Waals surface area contributed by atoms with E-state index in [1.807, 2.05) is 57.2 Å². The molecule has 6 nitrogen and oxygen atoms in total. The predicted molar refractivity (Wildman–Crippen MR) is 112 cm³/mol. The van der Waals surface area contributed by atoms with Gasteiger partial charge in [0.05, 0.1) is 22.5 Å². The van der Waals surface area contributed by atoms with Crippen LogP contribution in [0.15, 0.2) is 52.1 Å². The minimum Gasteiger partial charge on any atom is -0.463 e. The van der Waals surface area contributed by atoms with Crippen LogP contribution in [0.25, 0.3) is 16.6 Å². The zero-order valence-corrected chi connectivity index (χ0v) is 16.9. The van der Waals surface area contributed by atoms with E-state index in [4.69, 9.17) is 4.42 Å².